The monoisotopic (exact) mass is 271 g/mol. The number of hydrogen-bond donors (Lipinski definition) is 2. The average molecular weight is 271 g/mol. The maximum absolute atomic E-state index is 13.4. The van der Waals surface area contributed by atoms with E-state index >= 15 is 0 Å². The van der Waals surface area contributed by atoms with Gasteiger partial charge in [-0.15, -0.1) is 0 Å². The molecular formula is C14H19F2NO2. The lowest BCUT2D eigenvalue weighted by atomic mass is 10.0. The number of aliphatic hydroxyl groups excluding tert-OH is 1. The van der Waals surface area contributed by atoms with Crippen molar-refractivity contribution < 1.29 is 18.7 Å². The Labute approximate surface area is 111 Å². The number of benzene rings is 1. The average Bonchev–Trinajstić information content (AvgIpc) is 2.40. The van der Waals surface area contributed by atoms with Crippen LogP contribution in [0, 0.1) is 17.6 Å². The first-order valence-corrected chi connectivity index (χ1v) is 6.40. The first kappa shape index (κ1) is 15.6. The fraction of sp³-hybridized carbons (Fsp3) is 0.500. The van der Waals surface area contributed by atoms with E-state index in [2.05, 4.69) is 5.32 Å². The predicted molar refractivity (Wildman–Crippen MR) is 68.4 cm³/mol. The van der Waals surface area contributed by atoms with Gasteiger partial charge in [-0.3, -0.25) is 4.79 Å². The Morgan fingerprint density at radius 1 is 1.32 bits per heavy atom. The number of carbonyl (C=O) groups excluding carboxylic acids is 1. The summed E-state index contributed by atoms with van der Waals surface area (Å²) in [6.07, 6.45) is 0.147. The first-order valence-electron chi connectivity index (χ1n) is 6.40. The summed E-state index contributed by atoms with van der Waals surface area (Å²) in [7, 11) is 0. The van der Waals surface area contributed by atoms with Gasteiger partial charge < -0.3 is 10.4 Å². The van der Waals surface area contributed by atoms with Crippen molar-refractivity contribution in [1.29, 1.82) is 0 Å². The number of amides is 1. The molecule has 0 fully saturated rings. The first-order chi connectivity index (χ1) is 8.99. The standard InChI is InChI=1S/C14H19F2NO2/c1-3-9(4-2)14(19)17-8-13(18)11-7-10(15)5-6-12(11)16/h5-7,9,13,18H,3-4,8H2,1-2H3,(H,17,19). The summed E-state index contributed by atoms with van der Waals surface area (Å²) < 4.78 is 26.4. The molecule has 1 aromatic carbocycles. The minimum Gasteiger partial charge on any atom is -0.386 e. The summed E-state index contributed by atoms with van der Waals surface area (Å²) >= 11 is 0. The number of nitrogens with one attached hydrogen (secondary N) is 1. The third-order valence-electron chi connectivity index (χ3n) is 3.14. The molecule has 19 heavy (non-hydrogen) atoms. The topological polar surface area (TPSA) is 49.3 Å². The maximum atomic E-state index is 13.4. The lowest BCUT2D eigenvalue weighted by Crippen LogP contribution is -2.33. The van der Waals surface area contributed by atoms with Crippen molar-refractivity contribution in [2.45, 2.75) is 32.8 Å². The molecule has 1 atom stereocenters. The van der Waals surface area contributed by atoms with Crippen LogP contribution >= 0.6 is 0 Å². The molecule has 1 aromatic rings. The van der Waals surface area contributed by atoms with E-state index in [-0.39, 0.29) is 23.9 Å². The third-order valence-corrected chi connectivity index (χ3v) is 3.14. The van der Waals surface area contributed by atoms with Gasteiger partial charge in [0, 0.05) is 18.0 Å². The molecule has 0 radical (unpaired) electrons. The van der Waals surface area contributed by atoms with E-state index in [1.54, 1.807) is 0 Å². The zero-order chi connectivity index (χ0) is 14.4. The summed E-state index contributed by atoms with van der Waals surface area (Å²) in [4.78, 5) is 11.7. The summed E-state index contributed by atoms with van der Waals surface area (Å²) in [5.41, 5.74) is -0.148. The summed E-state index contributed by atoms with van der Waals surface area (Å²) in [5, 5.41) is 12.3. The Morgan fingerprint density at radius 3 is 2.53 bits per heavy atom. The van der Waals surface area contributed by atoms with Crippen LogP contribution in [-0.4, -0.2) is 17.6 Å². The van der Waals surface area contributed by atoms with Gasteiger partial charge in [0.1, 0.15) is 11.6 Å². The predicted octanol–water partition coefficient (Wildman–Crippen LogP) is 2.55. The van der Waals surface area contributed by atoms with Gasteiger partial charge in [0.05, 0.1) is 6.10 Å². The third kappa shape index (κ3) is 4.28. The highest BCUT2D eigenvalue weighted by atomic mass is 19.1. The molecule has 3 nitrogen and oxygen atoms in total. The molecule has 106 valence electrons. The second-order valence-corrected chi connectivity index (χ2v) is 4.44. The van der Waals surface area contributed by atoms with Crippen LogP contribution in [0.15, 0.2) is 18.2 Å². The Hall–Kier alpha value is -1.49. The fourth-order valence-electron chi connectivity index (χ4n) is 1.88. The maximum Gasteiger partial charge on any atom is 0.223 e. The molecule has 0 saturated heterocycles. The fourth-order valence-corrected chi connectivity index (χ4v) is 1.88. The lowest BCUT2D eigenvalue weighted by Gasteiger charge is -2.16. The van der Waals surface area contributed by atoms with Crippen LogP contribution in [0.1, 0.15) is 38.4 Å². The van der Waals surface area contributed by atoms with Crippen LogP contribution in [0.5, 0.6) is 0 Å². The molecule has 1 amide bonds. The zero-order valence-corrected chi connectivity index (χ0v) is 11.1. The highest BCUT2D eigenvalue weighted by Gasteiger charge is 2.18. The molecule has 0 saturated carbocycles. The van der Waals surface area contributed by atoms with Gasteiger partial charge >= 0.3 is 0 Å². The van der Waals surface area contributed by atoms with Gasteiger partial charge in [-0.1, -0.05) is 13.8 Å². The molecule has 0 aliphatic carbocycles. The molecule has 1 rings (SSSR count). The molecule has 2 N–H and O–H groups in total. The molecule has 0 aliphatic rings. The Bertz CT molecular complexity index is 433. The zero-order valence-electron chi connectivity index (χ0n) is 11.1. The lowest BCUT2D eigenvalue weighted by molar-refractivity contribution is -0.125. The molecule has 5 heteroatoms. The highest BCUT2D eigenvalue weighted by Crippen LogP contribution is 2.18. The van der Waals surface area contributed by atoms with E-state index in [1.165, 1.54) is 0 Å². The smallest absolute Gasteiger partial charge is 0.223 e. The van der Waals surface area contributed by atoms with E-state index in [4.69, 9.17) is 0 Å². The van der Waals surface area contributed by atoms with Crippen molar-refractivity contribution in [3.63, 3.8) is 0 Å². The van der Waals surface area contributed by atoms with Gasteiger partial charge in [-0.25, -0.2) is 8.78 Å². The summed E-state index contributed by atoms with van der Waals surface area (Å²) in [5.74, 6) is -1.61. The van der Waals surface area contributed by atoms with Crippen molar-refractivity contribution in [3.05, 3.63) is 35.4 Å². The van der Waals surface area contributed by atoms with E-state index in [0.29, 0.717) is 12.8 Å². The quantitative estimate of drug-likeness (QED) is 0.835. The minimum atomic E-state index is -1.26. The van der Waals surface area contributed by atoms with Gasteiger partial charge in [-0.05, 0) is 31.0 Å². The van der Waals surface area contributed by atoms with Crippen molar-refractivity contribution in [2.75, 3.05) is 6.54 Å². The van der Waals surface area contributed by atoms with Gasteiger partial charge in [0.25, 0.3) is 0 Å². The molecule has 0 aromatic heterocycles. The molecule has 1 unspecified atom stereocenters. The van der Waals surface area contributed by atoms with Crippen LogP contribution in [0.4, 0.5) is 8.78 Å². The van der Waals surface area contributed by atoms with Crippen molar-refractivity contribution in [3.8, 4) is 0 Å². The summed E-state index contributed by atoms with van der Waals surface area (Å²) in [6.45, 7) is 3.67. The molecule has 0 heterocycles. The van der Waals surface area contributed by atoms with Crippen LogP contribution in [-0.2, 0) is 4.79 Å². The molecule has 0 bridgehead atoms. The van der Waals surface area contributed by atoms with Crippen molar-refractivity contribution >= 4 is 5.91 Å². The SMILES string of the molecule is CCC(CC)C(=O)NCC(O)c1cc(F)ccc1F. The van der Waals surface area contributed by atoms with Gasteiger partial charge in [0.15, 0.2) is 0 Å². The summed E-state index contributed by atoms with van der Waals surface area (Å²) in [6, 6.07) is 2.87. The second-order valence-electron chi connectivity index (χ2n) is 4.44. The molecule has 0 aliphatic heterocycles. The number of rotatable bonds is 6. The van der Waals surface area contributed by atoms with Crippen LogP contribution in [0.2, 0.25) is 0 Å². The van der Waals surface area contributed by atoms with Crippen LogP contribution in [0.3, 0.4) is 0 Å². The normalized spacial score (nSPS) is 12.5. The second kappa shape index (κ2) is 7.19. The Morgan fingerprint density at radius 2 is 1.95 bits per heavy atom. The van der Waals surface area contributed by atoms with Crippen LogP contribution < -0.4 is 5.32 Å². The Balaban J connectivity index is 2.62. The van der Waals surface area contributed by atoms with Crippen molar-refractivity contribution in [1.82, 2.24) is 5.32 Å². The highest BCUT2D eigenvalue weighted by molar-refractivity contribution is 5.78. The van der Waals surface area contributed by atoms with E-state index < -0.39 is 17.7 Å². The van der Waals surface area contributed by atoms with E-state index in [1.807, 2.05) is 13.8 Å². The number of aliphatic hydroxyl groups is 1. The molecular weight excluding hydrogens is 252 g/mol. The largest absolute Gasteiger partial charge is 0.386 e. The van der Waals surface area contributed by atoms with Crippen LogP contribution in [0.25, 0.3) is 0 Å². The minimum absolute atomic E-state index is 0.121. The van der Waals surface area contributed by atoms with Crippen molar-refractivity contribution in [2.24, 2.45) is 5.92 Å². The number of halogens is 2. The molecule has 0 spiro atoms. The number of carbonyl (C=O) groups is 1. The number of hydrogen-bond acceptors (Lipinski definition) is 2. The van der Waals surface area contributed by atoms with E-state index in [9.17, 15) is 18.7 Å². The van der Waals surface area contributed by atoms with E-state index in [0.717, 1.165) is 18.2 Å². The Kier molecular flexibility index (Phi) is 5.89. The van der Waals surface area contributed by atoms with Gasteiger partial charge in [-0.2, -0.15) is 0 Å². The van der Waals surface area contributed by atoms with Gasteiger partial charge in [0.2, 0.25) is 5.91 Å².